The minimum absolute atomic E-state index is 0.564. The molecule has 26 heavy (non-hydrogen) atoms. The molecule has 1 amide bonds. The summed E-state index contributed by atoms with van der Waals surface area (Å²) in [7, 11) is 0. The number of rotatable bonds is 5. The molecule has 136 valence electrons. The highest BCUT2D eigenvalue weighted by Gasteiger charge is 2.34. The van der Waals surface area contributed by atoms with E-state index in [1.54, 1.807) is 6.07 Å². The second-order valence-corrected chi connectivity index (χ2v) is 7.25. The zero-order chi connectivity index (χ0) is 17.9. The minimum atomic E-state index is -1.06. The second kappa shape index (κ2) is 7.38. The number of amides is 1. The van der Waals surface area contributed by atoms with Gasteiger partial charge in [-0.2, -0.15) is 0 Å². The summed E-state index contributed by atoms with van der Waals surface area (Å²) in [6.45, 7) is 4.42. The first-order chi connectivity index (χ1) is 12.7. The summed E-state index contributed by atoms with van der Waals surface area (Å²) in [5.74, 6) is 2.31. The first kappa shape index (κ1) is 16.9. The Bertz CT molecular complexity index is 784. The zero-order valence-electron chi connectivity index (χ0n) is 14.7. The Morgan fingerprint density at radius 2 is 1.85 bits per heavy atom. The maximum atomic E-state index is 10.8. The zero-order valence-corrected chi connectivity index (χ0v) is 14.7. The number of hydrogen-bond donors (Lipinski definition) is 2. The molecule has 2 aromatic rings. The topological polar surface area (TPSA) is 61.8 Å². The van der Waals surface area contributed by atoms with Crippen molar-refractivity contribution < 1.29 is 14.6 Å². The van der Waals surface area contributed by atoms with Crippen LogP contribution in [0.25, 0.3) is 11.1 Å². The molecule has 0 radical (unpaired) electrons. The summed E-state index contributed by atoms with van der Waals surface area (Å²) >= 11 is 0. The van der Waals surface area contributed by atoms with Crippen molar-refractivity contribution in [3.63, 3.8) is 0 Å². The van der Waals surface area contributed by atoms with Crippen LogP contribution in [0.4, 0.5) is 10.5 Å². The fraction of sp³-hybridized carbons (Fsp3) is 0.381. The molecule has 0 aromatic heterocycles. The molecule has 2 bridgehead atoms. The Balaban J connectivity index is 1.44. The number of piperidine rings is 3. The molecule has 1 unspecified atom stereocenters. The number of fused-ring (bicyclic) bond motifs is 3. The van der Waals surface area contributed by atoms with Gasteiger partial charge in [-0.3, -0.25) is 5.32 Å². The number of anilines is 1. The van der Waals surface area contributed by atoms with Crippen LogP contribution in [-0.4, -0.2) is 42.3 Å². The lowest BCUT2D eigenvalue weighted by atomic mass is 9.79. The van der Waals surface area contributed by atoms with Gasteiger partial charge >= 0.3 is 6.09 Å². The largest absolute Gasteiger partial charge is 0.493 e. The average molecular weight is 352 g/mol. The quantitative estimate of drug-likeness (QED) is 0.848. The molecular formula is C21H24N2O3. The first-order valence-corrected chi connectivity index (χ1v) is 9.23. The van der Waals surface area contributed by atoms with Crippen LogP contribution in [0, 0.1) is 11.8 Å². The van der Waals surface area contributed by atoms with Crippen molar-refractivity contribution in [2.24, 2.45) is 11.8 Å². The third kappa shape index (κ3) is 3.83. The van der Waals surface area contributed by atoms with E-state index in [0.29, 0.717) is 11.6 Å². The van der Waals surface area contributed by atoms with Crippen LogP contribution in [0.15, 0.2) is 48.5 Å². The molecule has 2 aromatic carbocycles. The van der Waals surface area contributed by atoms with Crippen molar-refractivity contribution in [1.29, 1.82) is 0 Å². The van der Waals surface area contributed by atoms with Gasteiger partial charge in [0.15, 0.2) is 0 Å². The maximum Gasteiger partial charge on any atom is 0.409 e. The Labute approximate surface area is 153 Å². The Hall–Kier alpha value is -2.53. The van der Waals surface area contributed by atoms with Crippen molar-refractivity contribution in [2.75, 3.05) is 31.6 Å². The van der Waals surface area contributed by atoms with E-state index in [-0.39, 0.29) is 0 Å². The van der Waals surface area contributed by atoms with Gasteiger partial charge in [-0.1, -0.05) is 24.3 Å². The normalized spacial score (nSPS) is 24.2. The third-order valence-electron chi connectivity index (χ3n) is 5.54. The van der Waals surface area contributed by atoms with Crippen LogP contribution in [0.3, 0.4) is 0 Å². The molecule has 3 heterocycles. The number of hydrogen-bond acceptors (Lipinski definition) is 3. The van der Waals surface area contributed by atoms with Crippen LogP contribution in [0.2, 0.25) is 0 Å². The predicted octanol–water partition coefficient (Wildman–Crippen LogP) is 4.16. The number of carbonyl (C=O) groups is 1. The average Bonchev–Trinajstić information content (AvgIpc) is 2.67. The fourth-order valence-electron chi connectivity index (χ4n) is 4.15. The number of benzene rings is 2. The van der Waals surface area contributed by atoms with Crippen LogP contribution in [0.5, 0.6) is 5.75 Å². The van der Waals surface area contributed by atoms with E-state index in [1.807, 2.05) is 42.5 Å². The van der Waals surface area contributed by atoms with Crippen molar-refractivity contribution in [1.82, 2.24) is 4.90 Å². The van der Waals surface area contributed by atoms with Crippen molar-refractivity contribution >= 4 is 11.8 Å². The summed E-state index contributed by atoms with van der Waals surface area (Å²) in [5, 5.41) is 11.3. The van der Waals surface area contributed by atoms with Crippen LogP contribution < -0.4 is 10.1 Å². The molecule has 3 aliphatic heterocycles. The maximum absolute atomic E-state index is 10.8. The van der Waals surface area contributed by atoms with E-state index >= 15 is 0 Å². The summed E-state index contributed by atoms with van der Waals surface area (Å²) in [5.41, 5.74) is 2.54. The molecule has 0 spiro atoms. The number of carboxylic acid groups (broad SMARTS) is 1. The number of ether oxygens (including phenoxy) is 1. The molecule has 0 saturated carbocycles. The highest BCUT2D eigenvalue weighted by Crippen LogP contribution is 2.33. The lowest BCUT2D eigenvalue weighted by Gasteiger charge is -2.44. The fourth-order valence-corrected chi connectivity index (χ4v) is 4.15. The van der Waals surface area contributed by atoms with Gasteiger partial charge in [0, 0.05) is 18.2 Å². The van der Waals surface area contributed by atoms with E-state index in [4.69, 9.17) is 9.84 Å². The van der Waals surface area contributed by atoms with Gasteiger partial charge in [0.05, 0.1) is 6.61 Å². The Kier molecular flexibility index (Phi) is 4.80. The summed E-state index contributed by atoms with van der Waals surface area (Å²) in [4.78, 5) is 13.4. The van der Waals surface area contributed by atoms with Gasteiger partial charge in [0.25, 0.3) is 0 Å². The molecule has 1 atom stereocenters. The van der Waals surface area contributed by atoms with Gasteiger partial charge in [0.2, 0.25) is 0 Å². The molecule has 3 aliphatic rings. The Morgan fingerprint density at radius 1 is 1.12 bits per heavy atom. The van der Waals surface area contributed by atoms with Gasteiger partial charge in [0.1, 0.15) is 5.75 Å². The molecule has 5 rings (SSSR count). The van der Waals surface area contributed by atoms with Gasteiger partial charge < -0.3 is 14.7 Å². The van der Waals surface area contributed by atoms with Crippen molar-refractivity contribution in [2.45, 2.75) is 12.8 Å². The SMILES string of the molecule is O=C(O)Nc1cccc(-c2cccc(OCC3CN4CCC3CC4)c2)c1. The predicted molar refractivity (Wildman–Crippen MR) is 102 cm³/mol. The van der Waals surface area contributed by atoms with Crippen LogP contribution >= 0.6 is 0 Å². The summed E-state index contributed by atoms with van der Waals surface area (Å²) in [6.07, 6.45) is 1.55. The van der Waals surface area contributed by atoms with E-state index in [1.165, 1.54) is 25.9 Å². The highest BCUT2D eigenvalue weighted by molar-refractivity contribution is 5.84. The monoisotopic (exact) mass is 352 g/mol. The summed E-state index contributed by atoms with van der Waals surface area (Å²) in [6, 6.07) is 15.4. The molecular weight excluding hydrogens is 328 g/mol. The van der Waals surface area contributed by atoms with Crippen molar-refractivity contribution in [3.8, 4) is 16.9 Å². The van der Waals surface area contributed by atoms with E-state index in [9.17, 15) is 4.79 Å². The molecule has 2 N–H and O–H groups in total. The second-order valence-electron chi connectivity index (χ2n) is 7.25. The molecule has 5 heteroatoms. The van der Waals surface area contributed by atoms with Gasteiger partial charge in [-0.25, -0.2) is 4.79 Å². The third-order valence-corrected chi connectivity index (χ3v) is 5.54. The lowest BCUT2D eigenvalue weighted by Crippen LogP contribution is -2.49. The molecule has 3 saturated heterocycles. The lowest BCUT2D eigenvalue weighted by molar-refractivity contribution is 0.0257. The summed E-state index contributed by atoms with van der Waals surface area (Å²) < 4.78 is 6.12. The van der Waals surface area contributed by atoms with Gasteiger partial charge in [-0.05, 0) is 67.2 Å². The smallest absolute Gasteiger partial charge is 0.409 e. The van der Waals surface area contributed by atoms with E-state index in [0.717, 1.165) is 35.9 Å². The molecule has 0 aliphatic carbocycles. The molecule has 5 nitrogen and oxygen atoms in total. The van der Waals surface area contributed by atoms with Crippen molar-refractivity contribution in [3.05, 3.63) is 48.5 Å². The van der Waals surface area contributed by atoms with Gasteiger partial charge in [-0.15, -0.1) is 0 Å². The minimum Gasteiger partial charge on any atom is -0.493 e. The van der Waals surface area contributed by atoms with E-state index in [2.05, 4.69) is 10.2 Å². The first-order valence-electron chi connectivity index (χ1n) is 9.23. The highest BCUT2D eigenvalue weighted by atomic mass is 16.5. The standard InChI is InChI=1S/C21H24N2O3/c24-21(25)22-19-5-1-3-16(11-19)17-4-2-6-20(12-17)26-14-18-13-23-9-7-15(18)8-10-23/h1-6,11-12,15,18,22H,7-10,13-14H2,(H,24,25). The number of nitrogens with one attached hydrogen (secondary N) is 1. The van der Waals surface area contributed by atoms with E-state index < -0.39 is 6.09 Å². The van der Waals surface area contributed by atoms with Crippen LogP contribution in [-0.2, 0) is 0 Å². The number of nitrogens with zero attached hydrogens (tertiary/aromatic N) is 1. The van der Waals surface area contributed by atoms with Crippen LogP contribution in [0.1, 0.15) is 12.8 Å². The molecule has 3 fully saturated rings. The Morgan fingerprint density at radius 3 is 2.54 bits per heavy atom.